The highest BCUT2D eigenvalue weighted by atomic mass is 32.2. The third kappa shape index (κ3) is 2.27. The molecule has 2 N–H and O–H groups in total. The van der Waals surface area contributed by atoms with Crippen LogP contribution < -0.4 is 5.73 Å². The first-order chi connectivity index (χ1) is 7.15. The molecule has 0 amide bonds. The van der Waals surface area contributed by atoms with E-state index in [1.807, 2.05) is 0 Å². The molecule has 2 aromatic rings. The Morgan fingerprint density at radius 1 is 1.40 bits per heavy atom. The van der Waals surface area contributed by atoms with Crippen LogP contribution in [0.25, 0.3) is 0 Å². The van der Waals surface area contributed by atoms with Gasteiger partial charge in [-0.2, -0.15) is 0 Å². The summed E-state index contributed by atoms with van der Waals surface area (Å²) in [6, 6.07) is 4.17. The number of nitrogens with zero attached hydrogens (tertiary/aromatic N) is 2. The molecule has 1 aromatic carbocycles. The van der Waals surface area contributed by atoms with E-state index in [1.165, 1.54) is 23.9 Å². The number of benzene rings is 1. The summed E-state index contributed by atoms with van der Waals surface area (Å²) in [5, 5.41) is 7.87. The fourth-order valence-electron chi connectivity index (χ4n) is 1.03. The normalized spacial score (nSPS) is 10.5. The van der Waals surface area contributed by atoms with Gasteiger partial charge >= 0.3 is 0 Å². The van der Waals surface area contributed by atoms with Crippen LogP contribution in [0, 0.1) is 12.7 Å². The number of rotatable bonds is 2. The summed E-state index contributed by atoms with van der Waals surface area (Å²) in [5.74, 6) is 0.122. The molecule has 0 bridgehead atoms. The van der Waals surface area contributed by atoms with E-state index in [2.05, 4.69) is 10.2 Å². The van der Waals surface area contributed by atoms with Crippen LogP contribution in [0.5, 0.6) is 0 Å². The third-order valence-corrected chi connectivity index (χ3v) is 2.61. The number of anilines is 1. The van der Waals surface area contributed by atoms with E-state index >= 15 is 0 Å². The molecule has 0 radical (unpaired) electrons. The molecule has 0 fully saturated rings. The van der Waals surface area contributed by atoms with Crippen molar-refractivity contribution in [1.29, 1.82) is 0 Å². The Morgan fingerprint density at radius 3 is 2.80 bits per heavy atom. The first-order valence-corrected chi connectivity index (χ1v) is 5.00. The molecule has 1 aromatic heterocycles. The minimum Gasteiger partial charge on any atom is -0.416 e. The van der Waals surface area contributed by atoms with Crippen LogP contribution in [0.15, 0.2) is 32.7 Å². The highest BCUT2D eigenvalue weighted by Crippen LogP contribution is 2.31. The fourth-order valence-corrected chi connectivity index (χ4v) is 1.77. The molecular formula is C9H8FN3OS. The lowest BCUT2D eigenvalue weighted by atomic mass is 10.3. The number of hydrogen-bond acceptors (Lipinski definition) is 5. The second kappa shape index (κ2) is 3.90. The maximum atomic E-state index is 12.7. The van der Waals surface area contributed by atoms with Gasteiger partial charge in [0.2, 0.25) is 5.89 Å². The summed E-state index contributed by atoms with van der Waals surface area (Å²) in [5.41, 5.74) is 5.98. The van der Waals surface area contributed by atoms with Gasteiger partial charge in [-0.15, -0.1) is 10.2 Å². The van der Waals surface area contributed by atoms with Crippen molar-refractivity contribution in [2.45, 2.75) is 17.0 Å². The molecule has 0 saturated carbocycles. The number of hydrogen-bond donors (Lipinski definition) is 1. The van der Waals surface area contributed by atoms with E-state index in [0.717, 1.165) is 0 Å². The zero-order valence-electron chi connectivity index (χ0n) is 7.90. The fraction of sp³-hybridized carbons (Fsp3) is 0.111. The van der Waals surface area contributed by atoms with Crippen molar-refractivity contribution in [2.75, 3.05) is 5.73 Å². The monoisotopic (exact) mass is 225 g/mol. The Bertz CT molecular complexity index is 486. The summed E-state index contributed by atoms with van der Waals surface area (Å²) in [6.45, 7) is 1.70. The number of nitrogens with two attached hydrogens (primary N) is 1. The van der Waals surface area contributed by atoms with Crippen molar-refractivity contribution < 1.29 is 8.81 Å². The summed E-state index contributed by atoms with van der Waals surface area (Å²) in [6.07, 6.45) is 0. The largest absolute Gasteiger partial charge is 0.416 e. The van der Waals surface area contributed by atoms with Crippen LogP contribution in [0.1, 0.15) is 5.89 Å². The number of aryl methyl sites for hydroxylation is 1. The third-order valence-electron chi connectivity index (χ3n) is 1.68. The molecule has 4 nitrogen and oxygen atoms in total. The van der Waals surface area contributed by atoms with Crippen LogP contribution in [0.3, 0.4) is 0 Å². The summed E-state index contributed by atoms with van der Waals surface area (Å²) < 4.78 is 17.9. The SMILES string of the molecule is Cc1nnc(Sc2ccc(F)cc2N)o1. The molecule has 0 aliphatic carbocycles. The first kappa shape index (κ1) is 9.97. The maximum Gasteiger partial charge on any atom is 0.281 e. The highest BCUT2D eigenvalue weighted by molar-refractivity contribution is 7.99. The lowest BCUT2D eigenvalue weighted by Crippen LogP contribution is -1.89. The molecule has 1 heterocycles. The predicted molar refractivity (Wildman–Crippen MR) is 54.0 cm³/mol. The summed E-state index contributed by atoms with van der Waals surface area (Å²) >= 11 is 1.21. The average Bonchev–Trinajstić information content (AvgIpc) is 2.56. The van der Waals surface area contributed by atoms with Gasteiger partial charge in [-0.25, -0.2) is 4.39 Å². The molecule has 0 unspecified atom stereocenters. The topological polar surface area (TPSA) is 64.9 Å². The van der Waals surface area contributed by atoms with Crippen molar-refractivity contribution in [3.63, 3.8) is 0 Å². The lowest BCUT2D eigenvalue weighted by Gasteiger charge is -2.01. The Labute approximate surface area is 89.7 Å². The standard InChI is InChI=1S/C9H8FN3OS/c1-5-12-13-9(14-5)15-8-3-2-6(10)4-7(8)11/h2-4H,11H2,1H3. The van der Waals surface area contributed by atoms with E-state index in [-0.39, 0.29) is 5.82 Å². The van der Waals surface area contributed by atoms with E-state index in [9.17, 15) is 4.39 Å². The number of aromatic nitrogens is 2. The molecule has 6 heteroatoms. The molecule has 78 valence electrons. The second-order valence-electron chi connectivity index (χ2n) is 2.87. The van der Waals surface area contributed by atoms with Gasteiger partial charge in [0.05, 0.1) is 0 Å². The molecule has 15 heavy (non-hydrogen) atoms. The zero-order chi connectivity index (χ0) is 10.8. The van der Waals surface area contributed by atoms with E-state index < -0.39 is 0 Å². The number of nitrogen functional groups attached to an aromatic ring is 1. The summed E-state index contributed by atoms with van der Waals surface area (Å²) in [7, 11) is 0. The van der Waals surface area contributed by atoms with Gasteiger partial charge in [0, 0.05) is 17.5 Å². The molecule has 0 spiro atoms. The highest BCUT2D eigenvalue weighted by Gasteiger charge is 2.08. The molecular weight excluding hydrogens is 217 g/mol. The van der Waals surface area contributed by atoms with Crippen molar-refractivity contribution in [3.05, 3.63) is 29.9 Å². The Morgan fingerprint density at radius 2 is 2.20 bits per heavy atom. The van der Waals surface area contributed by atoms with Crippen LogP contribution >= 0.6 is 11.8 Å². The van der Waals surface area contributed by atoms with Gasteiger partial charge in [-0.05, 0) is 30.0 Å². The van der Waals surface area contributed by atoms with Gasteiger partial charge in [0.15, 0.2) is 0 Å². The van der Waals surface area contributed by atoms with Gasteiger partial charge < -0.3 is 10.2 Å². The van der Waals surface area contributed by atoms with E-state index in [4.69, 9.17) is 10.2 Å². The Balaban J connectivity index is 2.24. The lowest BCUT2D eigenvalue weighted by molar-refractivity contribution is 0.429. The minimum atomic E-state index is -0.362. The average molecular weight is 225 g/mol. The van der Waals surface area contributed by atoms with Gasteiger partial charge in [0.25, 0.3) is 5.22 Å². The molecule has 0 aliphatic heterocycles. The Hall–Kier alpha value is -1.56. The Kier molecular flexibility index (Phi) is 2.59. The van der Waals surface area contributed by atoms with Crippen molar-refractivity contribution in [3.8, 4) is 0 Å². The molecule has 2 rings (SSSR count). The minimum absolute atomic E-state index is 0.357. The van der Waals surface area contributed by atoms with Gasteiger partial charge in [-0.3, -0.25) is 0 Å². The van der Waals surface area contributed by atoms with Gasteiger partial charge in [-0.1, -0.05) is 0 Å². The molecule has 0 aliphatic rings. The zero-order valence-corrected chi connectivity index (χ0v) is 8.71. The maximum absolute atomic E-state index is 12.7. The summed E-state index contributed by atoms with van der Waals surface area (Å²) in [4.78, 5) is 0.694. The van der Waals surface area contributed by atoms with Crippen molar-refractivity contribution in [2.24, 2.45) is 0 Å². The van der Waals surface area contributed by atoms with Crippen molar-refractivity contribution >= 4 is 17.4 Å². The van der Waals surface area contributed by atoms with Crippen LogP contribution in [0.4, 0.5) is 10.1 Å². The molecule has 0 atom stereocenters. The predicted octanol–water partition coefficient (Wildman–Crippen LogP) is 2.25. The van der Waals surface area contributed by atoms with Gasteiger partial charge in [0.1, 0.15) is 5.82 Å². The molecule has 0 saturated heterocycles. The van der Waals surface area contributed by atoms with Crippen molar-refractivity contribution in [1.82, 2.24) is 10.2 Å². The smallest absolute Gasteiger partial charge is 0.281 e. The second-order valence-corrected chi connectivity index (χ2v) is 3.86. The number of halogens is 1. The van der Waals surface area contributed by atoms with Crippen LogP contribution in [-0.2, 0) is 0 Å². The van der Waals surface area contributed by atoms with Crippen LogP contribution in [-0.4, -0.2) is 10.2 Å². The first-order valence-electron chi connectivity index (χ1n) is 4.18. The van der Waals surface area contributed by atoms with Crippen LogP contribution in [0.2, 0.25) is 0 Å². The van der Waals surface area contributed by atoms with E-state index in [1.54, 1.807) is 13.0 Å². The quantitative estimate of drug-likeness (QED) is 0.794. The van der Waals surface area contributed by atoms with E-state index in [0.29, 0.717) is 21.7 Å².